The third-order valence-corrected chi connectivity index (χ3v) is 3.33. The largest absolute Gasteiger partial charge is 0.354 e. The zero-order chi connectivity index (χ0) is 12.8. The fourth-order valence-electron chi connectivity index (χ4n) is 1.39. The zero-order valence-corrected chi connectivity index (χ0v) is 11.7. The Bertz CT molecular complexity index is 391. The molecule has 0 radical (unpaired) electrons. The molecule has 1 amide bonds. The minimum absolute atomic E-state index is 0.136. The Labute approximate surface area is 109 Å². The Hall–Kier alpha value is -0.910. The molecule has 0 saturated carbocycles. The van der Waals surface area contributed by atoms with Crippen LogP contribution in [-0.2, 0) is 9.47 Å². The van der Waals surface area contributed by atoms with Gasteiger partial charge in [0.05, 0.1) is 6.54 Å². The molecular weight excluding hydrogens is 286 g/mol. The molecule has 0 bridgehead atoms. The molecule has 1 N–H and O–H groups in total. The highest BCUT2D eigenvalue weighted by Gasteiger charge is 2.12. The molecule has 0 saturated heterocycles. The van der Waals surface area contributed by atoms with E-state index in [-0.39, 0.29) is 5.91 Å². The van der Waals surface area contributed by atoms with Crippen molar-refractivity contribution in [3.05, 3.63) is 33.8 Å². The maximum Gasteiger partial charge on any atom is 0.251 e. The third kappa shape index (κ3) is 3.80. The Morgan fingerprint density at radius 1 is 1.41 bits per heavy atom. The van der Waals surface area contributed by atoms with Crippen molar-refractivity contribution in [1.29, 1.82) is 0 Å². The van der Waals surface area contributed by atoms with Crippen LogP contribution in [0.15, 0.2) is 22.7 Å². The predicted molar refractivity (Wildman–Crippen MR) is 69.0 cm³/mol. The van der Waals surface area contributed by atoms with Crippen LogP contribution >= 0.6 is 15.9 Å². The fourth-order valence-corrected chi connectivity index (χ4v) is 1.75. The van der Waals surface area contributed by atoms with Crippen LogP contribution in [0.2, 0.25) is 0 Å². The summed E-state index contributed by atoms with van der Waals surface area (Å²) in [4.78, 5) is 11.9. The predicted octanol–water partition coefficient (Wildman–Crippen LogP) is 2.11. The molecule has 0 heterocycles. The van der Waals surface area contributed by atoms with Crippen LogP contribution in [-0.4, -0.2) is 33.0 Å². The minimum Gasteiger partial charge on any atom is -0.354 e. The van der Waals surface area contributed by atoms with E-state index in [1.165, 1.54) is 14.2 Å². The summed E-state index contributed by atoms with van der Waals surface area (Å²) < 4.78 is 10.9. The van der Waals surface area contributed by atoms with Gasteiger partial charge in [-0.25, -0.2) is 0 Å². The third-order valence-electron chi connectivity index (χ3n) is 2.47. The van der Waals surface area contributed by atoms with E-state index in [0.717, 1.165) is 10.0 Å². The van der Waals surface area contributed by atoms with Crippen LogP contribution in [0.4, 0.5) is 0 Å². The number of rotatable bonds is 5. The molecule has 0 unspecified atom stereocenters. The van der Waals surface area contributed by atoms with Crippen LogP contribution in [0.1, 0.15) is 15.9 Å². The highest BCUT2D eigenvalue weighted by atomic mass is 79.9. The number of ether oxygens (including phenoxy) is 2. The number of carbonyl (C=O) groups excluding carboxylic acids is 1. The van der Waals surface area contributed by atoms with Crippen molar-refractivity contribution in [1.82, 2.24) is 5.32 Å². The van der Waals surface area contributed by atoms with Gasteiger partial charge in [-0.15, -0.1) is 0 Å². The molecule has 1 rings (SSSR count). The van der Waals surface area contributed by atoms with E-state index in [1.54, 1.807) is 6.07 Å². The van der Waals surface area contributed by atoms with Gasteiger partial charge in [-0.2, -0.15) is 0 Å². The summed E-state index contributed by atoms with van der Waals surface area (Å²) in [5, 5.41) is 2.76. The number of hydrogen-bond acceptors (Lipinski definition) is 3. The number of halogens is 1. The van der Waals surface area contributed by atoms with Crippen molar-refractivity contribution in [3.8, 4) is 0 Å². The highest BCUT2D eigenvalue weighted by molar-refractivity contribution is 9.10. The molecular formula is C12H16BrNO3. The Morgan fingerprint density at radius 3 is 2.65 bits per heavy atom. The van der Waals surface area contributed by atoms with E-state index >= 15 is 0 Å². The molecule has 5 heteroatoms. The molecule has 0 aliphatic heterocycles. The molecule has 1 aromatic carbocycles. The Balaban J connectivity index is 2.67. The number of methoxy groups -OCH3 is 2. The van der Waals surface area contributed by atoms with Gasteiger partial charge in [-0.1, -0.05) is 22.0 Å². The minimum atomic E-state index is -0.425. The second-order valence-corrected chi connectivity index (χ2v) is 4.38. The van der Waals surface area contributed by atoms with Gasteiger partial charge in [0.15, 0.2) is 6.29 Å². The Morgan fingerprint density at radius 2 is 2.06 bits per heavy atom. The van der Waals surface area contributed by atoms with E-state index in [2.05, 4.69) is 21.2 Å². The first-order chi connectivity index (χ1) is 8.10. The summed E-state index contributed by atoms with van der Waals surface area (Å²) in [6.45, 7) is 2.21. The van der Waals surface area contributed by atoms with Crippen molar-refractivity contribution in [2.75, 3.05) is 20.8 Å². The van der Waals surface area contributed by atoms with Crippen molar-refractivity contribution in [2.45, 2.75) is 13.2 Å². The van der Waals surface area contributed by atoms with Gasteiger partial charge < -0.3 is 14.8 Å². The van der Waals surface area contributed by atoms with Crippen molar-refractivity contribution >= 4 is 21.8 Å². The normalized spacial score (nSPS) is 10.6. The molecule has 0 aliphatic rings. The molecule has 0 aromatic heterocycles. The zero-order valence-electron chi connectivity index (χ0n) is 10.1. The van der Waals surface area contributed by atoms with Crippen molar-refractivity contribution in [2.24, 2.45) is 0 Å². The summed E-state index contributed by atoms with van der Waals surface area (Å²) in [6.07, 6.45) is -0.425. The maximum atomic E-state index is 11.9. The van der Waals surface area contributed by atoms with Crippen LogP contribution in [0.5, 0.6) is 0 Å². The van der Waals surface area contributed by atoms with Crippen molar-refractivity contribution in [3.63, 3.8) is 0 Å². The topological polar surface area (TPSA) is 47.6 Å². The molecule has 94 valence electrons. The number of nitrogens with one attached hydrogen (secondary N) is 1. The summed E-state index contributed by atoms with van der Waals surface area (Å²) >= 11 is 3.39. The number of carbonyl (C=O) groups is 1. The number of hydrogen-bond donors (Lipinski definition) is 1. The monoisotopic (exact) mass is 301 g/mol. The van der Waals surface area contributed by atoms with E-state index in [4.69, 9.17) is 9.47 Å². The Kier molecular flexibility index (Phi) is 5.61. The van der Waals surface area contributed by atoms with Gasteiger partial charge in [0.1, 0.15) is 0 Å². The van der Waals surface area contributed by atoms with Gasteiger partial charge in [-0.05, 0) is 24.6 Å². The van der Waals surface area contributed by atoms with Gasteiger partial charge in [0.25, 0.3) is 5.91 Å². The number of benzene rings is 1. The molecule has 0 aliphatic carbocycles. The highest BCUT2D eigenvalue weighted by Crippen LogP contribution is 2.19. The summed E-state index contributed by atoms with van der Waals surface area (Å²) in [5.74, 6) is -0.136. The number of amides is 1. The molecule has 0 fully saturated rings. The van der Waals surface area contributed by atoms with Crippen LogP contribution in [0.25, 0.3) is 0 Å². The smallest absolute Gasteiger partial charge is 0.251 e. The molecule has 1 aromatic rings. The molecule has 17 heavy (non-hydrogen) atoms. The summed E-state index contributed by atoms with van der Waals surface area (Å²) in [5.41, 5.74) is 1.56. The van der Waals surface area contributed by atoms with Gasteiger partial charge in [0, 0.05) is 24.3 Å². The maximum absolute atomic E-state index is 11.9. The standard InChI is InChI=1S/C12H16BrNO3/c1-8-9(5-4-6-10(8)13)12(15)14-7-11(16-2)17-3/h4-6,11H,7H2,1-3H3,(H,14,15). The van der Waals surface area contributed by atoms with E-state index in [0.29, 0.717) is 12.1 Å². The average molecular weight is 302 g/mol. The second kappa shape index (κ2) is 6.74. The lowest BCUT2D eigenvalue weighted by Gasteiger charge is -2.14. The van der Waals surface area contributed by atoms with Gasteiger partial charge in [-0.3, -0.25) is 4.79 Å². The molecule has 0 atom stereocenters. The lowest BCUT2D eigenvalue weighted by atomic mass is 10.1. The van der Waals surface area contributed by atoms with E-state index < -0.39 is 6.29 Å². The first-order valence-electron chi connectivity index (χ1n) is 5.19. The lowest BCUT2D eigenvalue weighted by molar-refractivity contribution is -0.0974. The SMILES string of the molecule is COC(CNC(=O)c1cccc(Br)c1C)OC. The second-order valence-electron chi connectivity index (χ2n) is 3.52. The first-order valence-corrected chi connectivity index (χ1v) is 5.98. The van der Waals surface area contributed by atoms with Crippen molar-refractivity contribution < 1.29 is 14.3 Å². The van der Waals surface area contributed by atoms with Gasteiger partial charge in [0.2, 0.25) is 0 Å². The molecule has 4 nitrogen and oxygen atoms in total. The van der Waals surface area contributed by atoms with Crippen LogP contribution in [0, 0.1) is 6.92 Å². The van der Waals surface area contributed by atoms with E-state index in [9.17, 15) is 4.79 Å². The average Bonchev–Trinajstić information content (AvgIpc) is 2.33. The van der Waals surface area contributed by atoms with Gasteiger partial charge >= 0.3 is 0 Å². The molecule has 0 spiro atoms. The van der Waals surface area contributed by atoms with E-state index in [1.807, 2.05) is 19.1 Å². The summed E-state index contributed by atoms with van der Waals surface area (Å²) in [6, 6.07) is 5.51. The van der Waals surface area contributed by atoms with Crippen LogP contribution < -0.4 is 5.32 Å². The fraction of sp³-hybridized carbons (Fsp3) is 0.417. The first kappa shape index (κ1) is 14.2. The lowest BCUT2D eigenvalue weighted by Crippen LogP contribution is -2.34. The summed E-state index contributed by atoms with van der Waals surface area (Å²) in [7, 11) is 3.06. The van der Waals surface area contributed by atoms with Crippen LogP contribution in [0.3, 0.4) is 0 Å². The quantitative estimate of drug-likeness (QED) is 0.847.